The summed E-state index contributed by atoms with van der Waals surface area (Å²) in [7, 11) is -3.41. The van der Waals surface area contributed by atoms with Crippen molar-refractivity contribution in [2.75, 3.05) is 6.54 Å². The van der Waals surface area contributed by atoms with Crippen molar-refractivity contribution in [2.45, 2.75) is 32.2 Å². The minimum absolute atomic E-state index is 0.0693. The Kier molecular flexibility index (Phi) is 3.05. The van der Waals surface area contributed by atoms with Crippen molar-refractivity contribution in [1.82, 2.24) is 9.14 Å². The Morgan fingerprint density at radius 1 is 1.50 bits per heavy atom. The van der Waals surface area contributed by atoms with E-state index in [4.69, 9.17) is 5.84 Å². The average Bonchev–Trinajstić information content (AvgIpc) is 2.05. The molecule has 0 radical (unpaired) electrons. The Bertz CT molecular complexity index is 239. The SMILES string of the molecule is CC1CCCCN1S(=O)(=O)NN. The molecule has 1 fully saturated rings. The van der Waals surface area contributed by atoms with Crippen molar-refractivity contribution in [2.24, 2.45) is 5.84 Å². The topological polar surface area (TPSA) is 75.4 Å². The summed E-state index contributed by atoms with van der Waals surface area (Å²) >= 11 is 0. The van der Waals surface area contributed by atoms with Gasteiger partial charge in [-0.3, -0.25) is 5.84 Å². The number of nitrogens with one attached hydrogen (secondary N) is 1. The molecule has 5 nitrogen and oxygen atoms in total. The first-order chi connectivity index (χ1) is 5.58. The molecule has 0 aromatic rings. The number of piperidine rings is 1. The molecule has 0 aromatic carbocycles. The zero-order valence-corrected chi connectivity index (χ0v) is 7.97. The normalized spacial score (nSPS) is 27.3. The number of nitrogens with zero attached hydrogens (tertiary/aromatic N) is 1. The van der Waals surface area contributed by atoms with E-state index >= 15 is 0 Å². The molecule has 12 heavy (non-hydrogen) atoms. The van der Waals surface area contributed by atoms with Gasteiger partial charge in [-0.25, -0.2) is 0 Å². The van der Waals surface area contributed by atoms with Gasteiger partial charge in [-0.2, -0.15) is 12.7 Å². The monoisotopic (exact) mass is 193 g/mol. The van der Waals surface area contributed by atoms with Gasteiger partial charge in [-0.15, -0.1) is 4.83 Å². The smallest absolute Gasteiger partial charge is 0.257 e. The van der Waals surface area contributed by atoms with Crippen LogP contribution >= 0.6 is 0 Å². The summed E-state index contributed by atoms with van der Waals surface area (Å²) in [6.45, 7) is 2.47. The van der Waals surface area contributed by atoms with E-state index in [1.54, 1.807) is 0 Å². The van der Waals surface area contributed by atoms with Crippen LogP contribution in [0.25, 0.3) is 0 Å². The predicted octanol–water partition coefficient (Wildman–Crippen LogP) is -0.431. The molecule has 1 aliphatic rings. The Morgan fingerprint density at radius 3 is 2.67 bits per heavy atom. The maximum atomic E-state index is 11.3. The summed E-state index contributed by atoms with van der Waals surface area (Å²) in [6.07, 6.45) is 2.93. The van der Waals surface area contributed by atoms with Crippen LogP contribution in [-0.4, -0.2) is 25.3 Å². The predicted molar refractivity (Wildman–Crippen MR) is 46.3 cm³/mol. The van der Waals surface area contributed by atoms with Gasteiger partial charge >= 0.3 is 0 Å². The quantitative estimate of drug-likeness (QED) is 0.461. The lowest BCUT2D eigenvalue weighted by Gasteiger charge is -2.31. The molecule has 1 aliphatic heterocycles. The Morgan fingerprint density at radius 2 is 2.17 bits per heavy atom. The molecule has 72 valence electrons. The fourth-order valence-electron chi connectivity index (χ4n) is 1.50. The van der Waals surface area contributed by atoms with Crippen LogP contribution in [0.2, 0.25) is 0 Å². The molecule has 6 heteroatoms. The van der Waals surface area contributed by atoms with Crippen molar-refractivity contribution in [3.8, 4) is 0 Å². The molecular weight excluding hydrogens is 178 g/mol. The van der Waals surface area contributed by atoms with Crippen LogP contribution in [0.4, 0.5) is 0 Å². The molecule has 1 unspecified atom stereocenters. The van der Waals surface area contributed by atoms with Crippen LogP contribution in [0.15, 0.2) is 0 Å². The van der Waals surface area contributed by atoms with Gasteiger partial charge in [-0.1, -0.05) is 6.42 Å². The second-order valence-electron chi connectivity index (χ2n) is 3.08. The van der Waals surface area contributed by atoms with E-state index in [0.717, 1.165) is 19.3 Å². The minimum Gasteiger partial charge on any atom is -0.257 e. The van der Waals surface area contributed by atoms with Gasteiger partial charge in [0.25, 0.3) is 10.2 Å². The number of hydrogen-bond donors (Lipinski definition) is 2. The van der Waals surface area contributed by atoms with E-state index in [2.05, 4.69) is 0 Å². The Hall–Kier alpha value is -0.170. The van der Waals surface area contributed by atoms with Crippen molar-refractivity contribution < 1.29 is 8.42 Å². The summed E-state index contributed by atoms with van der Waals surface area (Å²) < 4.78 is 23.9. The largest absolute Gasteiger partial charge is 0.292 e. The van der Waals surface area contributed by atoms with Gasteiger partial charge in [0.2, 0.25) is 0 Å². The van der Waals surface area contributed by atoms with Crippen LogP contribution in [0, 0.1) is 0 Å². The average molecular weight is 193 g/mol. The van der Waals surface area contributed by atoms with Crippen molar-refractivity contribution in [3.05, 3.63) is 0 Å². The first kappa shape index (κ1) is 9.91. The third kappa shape index (κ3) is 1.95. The molecule has 1 atom stereocenters. The van der Waals surface area contributed by atoms with Crippen LogP contribution in [0.3, 0.4) is 0 Å². The van der Waals surface area contributed by atoms with Gasteiger partial charge in [-0.05, 0) is 19.8 Å². The minimum atomic E-state index is -3.41. The highest BCUT2D eigenvalue weighted by Gasteiger charge is 2.28. The zero-order valence-electron chi connectivity index (χ0n) is 7.16. The molecule has 0 bridgehead atoms. The molecule has 0 aromatic heterocycles. The molecular formula is C6H15N3O2S. The standard InChI is InChI=1S/C6H15N3O2S/c1-6-4-2-3-5-9(6)12(10,11)8-7/h6,8H,2-5,7H2,1H3. The summed E-state index contributed by atoms with van der Waals surface area (Å²) in [5.41, 5.74) is 0. The summed E-state index contributed by atoms with van der Waals surface area (Å²) in [5.74, 6) is 4.92. The lowest BCUT2D eigenvalue weighted by Crippen LogP contribution is -2.49. The molecule has 0 amide bonds. The Labute approximate surface area is 73.1 Å². The second kappa shape index (κ2) is 3.69. The highest BCUT2D eigenvalue weighted by atomic mass is 32.2. The summed E-state index contributed by atoms with van der Waals surface area (Å²) in [6, 6.07) is 0.0693. The molecule has 3 N–H and O–H groups in total. The van der Waals surface area contributed by atoms with E-state index in [1.807, 2.05) is 11.8 Å². The van der Waals surface area contributed by atoms with Crippen LogP contribution in [0.5, 0.6) is 0 Å². The van der Waals surface area contributed by atoms with Gasteiger partial charge < -0.3 is 0 Å². The second-order valence-corrected chi connectivity index (χ2v) is 4.73. The highest BCUT2D eigenvalue weighted by Crippen LogP contribution is 2.18. The van der Waals surface area contributed by atoms with Gasteiger partial charge in [0.15, 0.2) is 0 Å². The highest BCUT2D eigenvalue weighted by molar-refractivity contribution is 7.87. The van der Waals surface area contributed by atoms with Crippen LogP contribution < -0.4 is 10.7 Å². The van der Waals surface area contributed by atoms with Crippen molar-refractivity contribution in [3.63, 3.8) is 0 Å². The van der Waals surface area contributed by atoms with Gasteiger partial charge in [0.05, 0.1) is 0 Å². The fourth-order valence-corrected chi connectivity index (χ4v) is 2.58. The van der Waals surface area contributed by atoms with Crippen molar-refractivity contribution >= 4 is 10.2 Å². The van der Waals surface area contributed by atoms with E-state index in [-0.39, 0.29) is 6.04 Å². The lowest BCUT2D eigenvalue weighted by atomic mass is 10.1. The number of hydrogen-bond acceptors (Lipinski definition) is 3. The molecule has 0 spiro atoms. The maximum Gasteiger partial charge on any atom is 0.292 e. The first-order valence-electron chi connectivity index (χ1n) is 4.07. The third-order valence-corrected chi connectivity index (χ3v) is 3.66. The van der Waals surface area contributed by atoms with E-state index in [9.17, 15) is 8.42 Å². The maximum absolute atomic E-state index is 11.3. The van der Waals surface area contributed by atoms with E-state index < -0.39 is 10.2 Å². The van der Waals surface area contributed by atoms with E-state index in [1.165, 1.54) is 4.31 Å². The third-order valence-electron chi connectivity index (χ3n) is 2.20. The molecule has 1 heterocycles. The van der Waals surface area contributed by atoms with Crippen LogP contribution in [-0.2, 0) is 10.2 Å². The number of nitrogens with two attached hydrogens (primary N) is 1. The Balaban J connectivity index is 2.72. The first-order valence-corrected chi connectivity index (χ1v) is 5.51. The molecule has 1 saturated heterocycles. The fraction of sp³-hybridized carbons (Fsp3) is 1.00. The van der Waals surface area contributed by atoms with Gasteiger partial charge in [0, 0.05) is 12.6 Å². The summed E-state index contributed by atoms with van der Waals surface area (Å²) in [4.78, 5) is 1.84. The summed E-state index contributed by atoms with van der Waals surface area (Å²) in [5, 5.41) is 0. The lowest BCUT2D eigenvalue weighted by molar-refractivity contribution is 0.265. The van der Waals surface area contributed by atoms with Crippen molar-refractivity contribution in [1.29, 1.82) is 0 Å². The van der Waals surface area contributed by atoms with Crippen LogP contribution in [0.1, 0.15) is 26.2 Å². The molecule has 1 rings (SSSR count). The number of hydrazine groups is 1. The zero-order chi connectivity index (χ0) is 9.19. The molecule has 0 aliphatic carbocycles. The molecule has 0 saturated carbocycles. The number of rotatable bonds is 2. The van der Waals surface area contributed by atoms with E-state index in [0.29, 0.717) is 6.54 Å². The van der Waals surface area contributed by atoms with Gasteiger partial charge in [0.1, 0.15) is 0 Å².